The van der Waals surface area contributed by atoms with E-state index < -0.39 is 41.9 Å². The van der Waals surface area contributed by atoms with E-state index in [9.17, 15) is 25.2 Å². The molecule has 0 amide bonds. The Morgan fingerprint density at radius 3 is 2.38 bits per heavy atom. The monoisotopic (exact) mass is 739 g/mol. The summed E-state index contributed by atoms with van der Waals surface area (Å²) in [5.74, 6) is -0.112. The van der Waals surface area contributed by atoms with Crippen molar-refractivity contribution < 1.29 is 54.8 Å². The Kier molecular flexibility index (Phi) is 14.0. The molecule has 3 heterocycles. The number of methoxy groups -OCH3 is 2. The summed E-state index contributed by atoms with van der Waals surface area (Å²) in [6.07, 6.45) is 12.0. The highest BCUT2D eigenvalue weighted by molar-refractivity contribution is 5.65. The first-order valence-corrected chi connectivity index (χ1v) is 20.9. The second kappa shape index (κ2) is 17.9. The van der Waals surface area contributed by atoms with Crippen LogP contribution in [-0.2, 0) is 23.7 Å². The Balaban J connectivity index is 1.16. The quantitative estimate of drug-likeness (QED) is 0.151. The smallest absolute Gasteiger partial charge is 0.137 e. The predicted octanol–water partition coefficient (Wildman–Crippen LogP) is 0.0815. The fourth-order valence-corrected chi connectivity index (χ4v) is 12.5. The van der Waals surface area contributed by atoms with Gasteiger partial charge in [0, 0.05) is 38.4 Å². The zero-order chi connectivity index (χ0) is 37.0. The van der Waals surface area contributed by atoms with Gasteiger partial charge in [0.05, 0.1) is 61.9 Å². The Morgan fingerprint density at radius 1 is 0.923 bits per heavy atom. The lowest BCUT2D eigenvalue weighted by atomic mass is 9.50. The summed E-state index contributed by atoms with van der Waals surface area (Å²) in [7, 11) is 3.31. The minimum atomic E-state index is -0.981. The van der Waals surface area contributed by atoms with Crippen molar-refractivity contribution in [2.24, 2.45) is 34.3 Å². The Morgan fingerprint density at radius 2 is 1.67 bits per heavy atom. The first-order valence-electron chi connectivity index (χ1n) is 20.9. The summed E-state index contributed by atoms with van der Waals surface area (Å²) in [5.41, 5.74) is 5.87. The van der Waals surface area contributed by atoms with Crippen molar-refractivity contribution in [3.05, 3.63) is 0 Å². The van der Waals surface area contributed by atoms with Crippen molar-refractivity contribution in [3.8, 4) is 0 Å². The molecule has 15 atom stereocenters. The Labute approximate surface area is 311 Å². The van der Waals surface area contributed by atoms with Gasteiger partial charge >= 0.3 is 0 Å². The number of hydrogen-bond acceptors (Lipinski definition) is 10. The topological polar surface area (TPSA) is 197 Å². The number of carboxylic acids is 1. The van der Waals surface area contributed by atoms with E-state index in [0.717, 1.165) is 90.0 Å². The minimum absolute atomic E-state index is 0.0268. The third-order valence-corrected chi connectivity index (χ3v) is 15.0. The van der Waals surface area contributed by atoms with Crippen LogP contribution in [0.2, 0.25) is 0 Å². The van der Waals surface area contributed by atoms with Crippen LogP contribution >= 0.6 is 0 Å². The first-order chi connectivity index (χ1) is 24.9. The van der Waals surface area contributed by atoms with Gasteiger partial charge in [-0.3, -0.25) is 5.73 Å². The number of aliphatic hydroxyl groups excluding tert-OH is 3. The summed E-state index contributed by atoms with van der Waals surface area (Å²) in [6.45, 7) is 3.58. The van der Waals surface area contributed by atoms with Crippen LogP contribution in [0.3, 0.4) is 0 Å². The summed E-state index contributed by atoms with van der Waals surface area (Å²) in [4.78, 5) is 12.7. The number of nitrogens with two attached hydrogens (primary N) is 3. The number of aliphatic hydroxyl groups is 3. The van der Waals surface area contributed by atoms with Gasteiger partial charge in [0.15, 0.2) is 0 Å². The Bertz CT molecular complexity index is 1140. The van der Waals surface area contributed by atoms with Crippen LogP contribution in [0.25, 0.3) is 0 Å². The maximum atomic E-state index is 12.7. The summed E-state index contributed by atoms with van der Waals surface area (Å²) < 4.78 is 25.0. The van der Waals surface area contributed by atoms with E-state index in [2.05, 4.69) is 17.6 Å². The molecular formula is C40H72N3O9+. The van der Waals surface area contributed by atoms with Crippen LogP contribution < -0.4 is 21.5 Å². The zero-order valence-corrected chi connectivity index (χ0v) is 32.2. The van der Waals surface area contributed by atoms with Gasteiger partial charge in [0.25, 0.3) is 0 Å². The van der Waals surface area contributed by atoms with Crippen molar-refractivity contribution in [3.63, 3.8) is 0 Å². The van der Waals surface area contributed by atoms with Gasteiger partial charge in [-0.2, -0.15) is 0 Å². The molecule has 0 aromatic carbocycles. The highest BCUT2D eigenvalue weighted by Crippen LogP contribution is 2.61. The standard InChI is InChI=1S/C40H71N3O9/c1-24-20-39(11-4-5-12-39)40(22-37(46)47,21-26-10-13-42-36(41)15-26)35(43-24)23-51-34-17-27(16-33(50-3)38(34)48)31-19-28(44)18-29(52-31)8-6-25-7-9-30(45)32(14-25)49-2/h24-36,38,42-45,48H,4-23,41H2,1-3H3,(H,46,47)/p+1. The number of ether oxygens (including phenoxy) is 4. The van der Waals surface area contributed by atoms with Crippen LogP contribution in [0.1, 0.15) is 122 Å². The van der Waals surface area contributed by atoms with Crippen molar-refractivity contribution in [2.75, 3.05) is 27.4 Å². The van der Waals surface area contributed by atoms with E-state index in [4.69, 9.17) is 24.7 Å². The number of rotatable bonds is 13. The minimum Gasteiger partial charge on any atom is -0.550 e. The number of hydrogen-bond donors (Lipinski definition) is 6. The molecule has 3 saturated carbocycles. The summed E-state index contributed by atoms with van der Waals surface area (Å²) in [6, 6.07) is 0.256. The van der Waals surface area contributed by atoms with E-state index in [1.807, 2.05) is 0 Å². The molecular weight excluding hydrogens is 666 g/mol. The van der Waals surface area contributed by atoms with Crippen LogP contribution in [0, 0.1) is 28.6 Å². The number of piperidine rings is 2. The number of carboxylic acid groups (broad SMARTS) is 1. The van der Waals surface area contributed by atoms with Crippen molar-refractivity contribution in [1.82, 2.24) is 0 Å². The average molecular weight is 739 g/mol. The maximum Gasteiger partial charge on any atom is 0.137 e. The molecule has 3 saturated heterocycles. The SMILES string of the molecule is COC1CC(CCC2CC(O)CC(C3CC(OC)C(O)C(OCC4[NH2+]C(C)CC5(CCCC5)C4(CC(=O)[O-])CC4CC[NH2+]C(N)C4)C3)O2)CCC1O. The molecule has 0 bridgehead atoms. The van der Waals surface area contributed by atoms with Gasteiger partial charge in [-0.15, -0.1) is 0 Å². The molecule has 12 heteroatoms. The van der Waals surface area contributed by atoms with Crippen LogP contribution in [0.4, 0.5) is 0 Å². The number of quaternary nitrogens is 2. The lowest BCUT2D eigenvalue weighted by molar-refractivity contribution is -0.752. The molecule has 9 N–H and O–H groups in total. The molecule has 3 aliphatic carbocycles. The first kappa shape index (κ1) is 40.7. The third kappa shape index (κ3) is 9.19. The van der Waals surface area contributed by atoms with Gasteiger partial charge in [-0.05, 0) is 120 Å². The fraction of sp³-hybridized carbons (Fsp3) is 0.975. The lowest BCUT2D eigenvalue weighted by Gasteiger charge is -2.58. The molecule has 52 heavy (non-hydrogen) atoms. The van der Waals surface area contributed by atoms with Crippen molar-refractivity contribution >= 4 is 5.97 Å². The second-order valence-corrected chi connectivity index (χ2v) is 18.3. The van der Waals surface area contributed by atoms with Crippen LogP contribution in [0.15, 0.2) is 0 Å². The molecule has 6 rings (SSSR count). The number of carbonyl (C=O) groups excluding carboxylic acids is 1. The predicted molar refractivity (Wildman–Crippen MR) is 191 cm³/mol. The van der Waals surface area contributed by atoms with E-state index >= 15 is 0 Å². The van der Waals surface area contributed by atoms with Gasteiger partial charge in [0.2, 0.25) is 0 Å². The van der Waals surface area contributed by atoms with E-state index in [-0.39, 0.29) is 48.3 Å². The molecule has 3 aliphatic heterocycles. The molecule has 0 aromatic heterocycles. The van der Waals surface area contributed by atoms with E-state index in [1.165, 1.54) is 0 Å². The van der Waals surface area contributed by atoms with E-state index in [1.54, 1.807) is 14.2 Å². The van der Waals surface area contributed by atoms with Gasteiger partial charge in [-0.1, -0.05) is 12.8 Å². The van der Waals surface area contributed by atoms with Crippen molar-refractivity contribution in [1.29, 1.82) is 0 Å². The molecule has 6 fully saturated rings. The molecule has 0 aromatic rings. The highest BCUT2D eigenvalue weighted by Gasteiger charge is 2.62. The van der Waals surface area contributed by atoms with Crippen LogP contribution in [-0.4, -0.2) is 116 Å². The Hall–Kier alpha value is -0.930. The van der Waals surface area contributed by atoms with Crippen molar-refractivity contribution in [2.45, 2.75) is 190 Å². The normalized spacial score (nSPS) is 45.6. The lowest BCUT2D eigenvalue weighted by Crippen LogP contribution is -3.02. The van der Waals surface area contributed by atoms with Gasteiger partial charge in [0.1, 0.15) is 18.3 Å². The number of aliphatic carboxylic acids is 1. The fourth-order valence-electron chi connectivity index (χ4n) is 12.5. The largest absolute Gasteiger partial charge is 0.550 e. The van der Waals surface area contributed by atoms with Gasteiger partial charge < -0.3 is 54.8 Å². The third-order valence-electron chi connectivity index (χ3n) is 15.0. The molecule has 6 aliphatic rings. The molecule has 0 radical (unpaired) electrons. The van der Waals surface area contributed by atoms with Gasteiger partial charge in [-0.25, -0.2) is 0 Å². The number of carbonyl (C=O) groups is 1. The molecule has 1 spiro atoms. The summed E-state index contributed by atoms with van der Waals surface area (Å²) >= 11 is 0. The van der Waals surface area contributed by atoms with Crippen LogP contribution in [0.5, 0.6) is 0 Å². The second-order valence-electron chi connectivity index (χ2n) is 18.3. The molecule has 15 unspecified atom stereocenters. The zero-order valence-electron chi connectivity index (χ0n) is 32.2. The van der Waals surface area contributed by atoms with E-state index in [0.29, 0.717) is 50.2 Å². The summed E-state index contributed by atoms with van der Waals surface area (Å²) in [5, 5.41) is 50.2. The average Bonchev–Trinajstić information content (AvgIpc) is 3.58. The highest BCUT2D eigenvalue weighted by atomic mass is 16.5. The molecule has 300 valence electrons. The maximum absolute atomic E-state index is 12.7. The molecule has 12 nitrogen and oxygen atoms in total.